The maximum atomic E-state index is 13.2. The lowest BCUT2D eigenvalue weighted by atomic mass is 10.1. The molecular formula is C15H24F2N4O4S. The number of amides is 1. The van der Waals surface area contributed by atoms with E-state index in [0.717, 1.165) is 10.6 Å². The van der Waals surface area contributed by atoms with Crippen molar-refractivity contribution in [3.05, 3.63) is 17.8 Å². The highest BCUT2D eigenvalue weighted by atomic mass is 32.2. The monoisotopic (exact) mass is 394 g/mol. The molecule has 0 spiro atoms. The van der Waals surface area contributed by atoms with E-state index in [1.807, 2.05) is 0 Å². The summed E-state index contributed by atoms with van der Waals surface area (Å²) in [5, 5.41) is 0. The molecule has 0 saturated carbocycles. The van der Waals surface area contributed by atoms with Crippen LogP contribution in [0, 0.1) is 5.92 Å². The van der Waals surface area contributed by atoms with Crippen LogP contribution in [0.4, 0.5) is 8.78 Å². The Bertz CT molecular complexity index is 739. The van der Waals surface area contributed by atoms with E-state index < -0.39 is 28.1 Å². The minimum absolute atomic E-state index is 0.0279. The Morgan fingerprint density at radius 2 is 1.92 bits per heavy atom. The molecular weight excluding hydrogens is 370 g/mol. The number of carbonyl (C=O) groups excluding carboxylic acids is 1. The first-order chi connectivity index (χ1) is 11.9. The number of likely N-dealkylation sites (tertiary alicyclic amines) is 1. The number of hydrogen-bond donors (Lipinski definition) is 1. The van der Waals surface area contributed by atoms with Crippen molar-refractivity contribution in [2.75, 3.05) is 27.2 Å². The molecule has 1 aliphatic heterocycles. The van der Waals surface area contributed by atoms with Crippen LogP contribution < -0.4 is 4.72 Å². The maximum absolute atomic E-state index is 13.2. The zero-order chi connectivity index (χ0) is 19.7. The SMILES string of the molecule is CC(C)[C@H](NS(=O)(=O)N(C)C)c1nc(C(=O)N2CCC(F)(F)CC2)co1. The van der Waals surface area contributed by atoms with Gasteiger partial charge in [0.2, 0.25) is 5.89 Å². The number of nitrogens with one attached hydrogen (secondary N) is 1. The average Bonchev–Trinajstić information content (AvgIpc) is 3.01. The molecule has 11 heteroatoms. The fourth-order valence-electron chi connectivity index (χ4n) is 2.47. The van der Waals surface area contributed by atoms with Gasteiger partial charge in [0.25, 0.3) is 22.0 Å². The van der Waals surface area contributed by atoms with Crippen LogP contribution in [0.15, 0.2) is 10.7 Å². The number of carbonyl (C=O) groups is 1. The number of rotatable bonds is 6. The summed E-state index contributed by atoms with van der Waals surface area (Å²) in [6, 6.07) is -0.769. The summed E-state index contributed by atoms with van der Waals surface area (Å²) in [5.41, 5.74) is -0.0279. The van der Waals surface area contributed by atoms with Gasteiger partial charge in [0.15, 0.2) is 5.69 Å². The topological polar surface area (TPSA) is 95.8 Å². The van der Waals surface area contributed by atoms with Gasteiger partial charge in [-0.1, -0.05) is 13.8 Å². The number of piperidine rings is 1. The van der Waals surface area contributed by atoms with Crippen molar-refractivity contribution >= 4 is 16.1 Å². The first-order valence-corrected chi connectivity index (χ1v) is 9.69. The molecule has 1 saturated heterocycles. The van der Waals surface area contributed by atoms with E-state index in [4.69, 9.17) is 4.42 Å². The fourth-order valence-corrected chi connectivity index (χ4v) is 3.37. The van der Waals surface area contributed by atoms with Gasteiger partial charge in [0, 0.05) is 40.0 Å². The third-order valence-corrected chi connectivity index (χ3v) is 5.73. The molecule has 0 bridgehead atoms. The lowest BCUT2D eigenvalue weighted by Crippen LogP contribution is -2.43. The third kappa shape index (κ3) is 4.77. The molecule has 0 aromatic carbocycles. The number of hydrogen-bond acceptors (Lipinski definition) is 5. The van der Waals surface area contributed by atoms with E-state index in [2.05, 4.69) is 9.71 Å². The molecule has 26 heavy (non-hydrogen) atoms. The van der Waals surface area contributed by atoms with Gasteiger partial charge in [0.05, 0.1) is 0 Å². The Morgan fingerprint density at radius 3 is 2.42 bits per heavy atom. The molecule has 1 amide bonds. The molecule has 1 N–H and O–H groups in total. The molecule has 2 rings (SSSR count). The lowest BCUT2D eigenvalue weighted by Gasteiger charge is -2.31. The van der Waals surface area contributed by atoms with Crippen molar-refractivity contribution in [3.63, 3.8) is 0 Å². The maximum Gasteiger partial charge on any atom is 0.279 e. The van der Waals surface area contributed by atoms with Gasteiger partial charge in [-0.05, 0) is 5.92 Å². The molecule has 0 aliphatic carbocycles. The van der Waals surface area contributed by atoms with Crippen molar-refractivity contribution in [1.29, 1.82) is 0 Å². The van der Waals surface area contributed by atoms with Gasteiger partial charge in [-0.3, -0.25) is 4.79 Å². The van der Waals surface area contributed by atoms with Crippen molar-refractivity contribution in [3.8, 4) is 0 Å². The zero-order valence-electron chi connectivity index (χ0n) is 15.2. The smallest absolute Gasteiger partial charge is 0.279 e. The molecule has 8 nitrogen and oxygen atoms in total. The Kier molecular flexibility index (Phi) is 6.03. The molecule has 0 unspecified atom stereocenters. The molecule has 1 aliphatic rings. The van der Waals surface area contributed by atoms with Crippen LogP contribution in [0.5, 0.6) is 0 Å². The van der Waals surface area contributed by atoms with Gasteiger partial charge >= 0.3 is 0 Å². The van der Waals surface area contributed by atoms with E-state index in [9.17, 15) is 22.0 Å². The van der Waals surface area contributed by atoms with E-state index in [0.29, 0.717) is 0 Å². The largest absolute Gasteiger partial charge is 0.446 e. The standard InChI is InChI=1S/C15H24F2N4O4S/c1-10(2)12(19-26(23,24)20(3)4)13-18-11(9-25-13)14(22)21-7-5-15(16,17)6-8-21/h9-10,12,19H,5-8H2,1-4H3/t12-/m0/s1. The summed E-state index contributed by atoms with van der Waals surface area (Å²) in [5.74, 6) is -3.40. The van der Waals surface area contributed by atoms with Crippen LogP contribution >= 0.6 is 0 Å². The van der Waals surface area contributed by atoms with E-state index >= 15 is 0 Å². The Labute approximate surface area is 151 Å². The van der Waals surface area contributed by atoms with Gasteiger partial charge < -0.3 is 9.32 Å². The molecule has 1 aromatic heterocycles. The molecule has 2 heterocycles. The van der Waals surface area contributed by atoms with Crippen LogP contribution in [0.2, 0.25) is 0 Å². The van der Waals surface area contributed by atoms with Gasteiger partial charge in [0.1, 0.15) is 12.3 Å². The van der Waals surface area contributed by atoms with Crippen molar-refractivity contribution in [2.24, 2.45) is 5.92 Å². The minimum atomic E-state index is -3.73. The first-order valence-electron chi connectivity index (χ1n) is 8.25. The van der Waals surface area contributed by atoms with Gasteiger partial charge in [-0.2, -0.15) is 17.4 Å². The van der Waals surface area contributed by atoms with Gasteiger partial charge in [-0.15, -0.1) is 0 Å². The van der Waals surface area contributed by atoms with Crippen molar-refractivity contribution in [2.45, 2.75) is 38.7 Å². The highest BCUT2D eigenvalue weighted by Gasteiger charge is 2.37. The van der Waals surface area contributed by atoms with Crippen LogP contribution in [0.25, 0.3) is 0 Å². The predicted octanol–water partition coefficient (Wildman–Crippen LogP) is 1.64. The number of alkyl halides is 2. The second-order valence-corrected chi connectivity index (χ2v) is 8.76. The van der Waals surface area contributed by atoms with Crippen molar-refractivity contribution in [1.82, 2.24) is 18.9 Å². The third-order valence-electron chi connectivity index (χ3n) is 4.21. The first kappa shape index (κ1) is 20.7. The summed E-state index contributed by atoms with van der Waals surface area (Å²) in [6.45, 7) is 3.44. The van der Waals surface area contributed by atoms with Gasteiger partial charge in [-0.25, -0.2) is 13.8 Å². The Morgan fingerprint density at radius 1 is 1.35 bits per heavy atom. The molecule has 1 aromatic rings. The van der Waals surface area contributed by atoms with E-state index in [1.165, 1.54) is 19.0 Å². The zero-order valence-corrected chi connectivity index (χ0v) is 16.0. The second kappa shape index (κ2) is 7.57. The van der Waals surface area contributed by atoms with Crippen LogP contribution in [0.3, 0.4) is 0 Å². The number of oxazole rings is 1. The average molecular weight is 394 g/mol. The Hall–Kier alpha value is -1.59. The fraction of sp³-hybridized carbons (Fsp3) is 0.733. The molecule has 0 radical (unpaired) electrons. The molecule has 1 fully saturated rings. The number of nitrogens with zero attached hydrogens (tertiary/aromatic N) is 3. The number of halogens is 2. The summed E-state index contributed by atoms with van der Waals surface area (Å²) in [7, 11) is -0.960. The normalized spacial score (nSPS) is 19.2. The summed E-state index contributed by atoms with van der Waals surface area (Å²) in [6.07, 6.45) is 0.352. The van der Waals surface area contributed by atoms with Crippen molar-refractivity contribution < 1.29 is 26.4 Å². The second-order valence-electron chi connectivity index (χ2n) is 6.85. The Balaban J connectivity index is 2.15. The lowest BCUT2D eigenvalue weighted by molar-refractivity contribution is -0.0495. The van der Waals surface area contributed by atoms with Crippen LogP contribution in [-0.4, -0.2) is 61.6 Å². The highest BCUT2D eigenvalue weighted by Crippen LogP contribution is 2.29. The summed E-state index contributed by atoms with van der Waals surface area (Å²) >= 11 is 0. The van der Waals surface area contributed by atoms with E-state index in [1.54, 1.807) is 13.8 Å². The summed E-state index contributed by atoms with van der Waals surface area (Å²) < 4.78 is 59.4. The minimum Gasteiger partial charge on any atom is -0.446 e. The summed E-state index contributed by atoms with van der Waals surface area (Å²) in [4.78, 5) is 17.8. The molecule has 148 valence electrons. The number of aromatic nitrogens is 1. The van der Waals surface area contributed by atoms with Crippen LogP contribution in [0.1, 0.15) is 49.1 Å². The quantitative estimate of drug-likeness (QED) is 0.791. The molecule has 1 atom stereocenters. The van der Waals surface area contributed by atoms with E-state index in [-0.39, 0.29) is 43.4 Å². The highest BCUT2D eigenvalue weighted by molar-refractivity contribution is 7.87. The van der Waals surface area contributed by atoms with Crippen LogP contribution in [-0.2, 0) is 10.2 Å². The predicted molar refractivity (Wildman–Crippen MR) is 89.9 cm³/mol.